The molecule has 1 aromatic carbocycles. The molecule has 0 radical (unpaired) electrons. The van der Waals surface area contributed by atoms with Crippen LogP contribution in [0.2, 0.25) is 0 Å². The molecule has 1 fully saturated rings. The van der Waals surface area contributed by atoms with Gasteiger partial charge in [0.15, 0.2) is 0 Å². The first-order chi connectivity index (χ1) is 12.1. The number of benzene rings is 1. The van der Waals surface area contributed by atoms with E-state index < -0.39 is 0 Å². The lowest BCUT2D eigenvalue weighted by molar-refractivity contribution is -0.117. The monoisotopic (exact) mass is 338 g/mol. The number of para-hydroxylation sites is 1. The Morgan fingerprint density at radius 3 is 2.52 bits per heavy atom. The average molecular weight is 338 g/mol. The maximum atomic E-state index is 12.3. The summed E-state index contributed by atoms with van der Waals surface area (Å²) >= 11 is 0. The predicted molar refractivity (Wildman–Crippen MR) is 96.6 cm³/mol. The molecule has 0 atom stereocenters. The number of furan rings is 1. The predicted octanol–water partition coefficient (Wildman–Crippen LogP) is 2.53. The van der Waals surface area contributed by atoms with Crippen LogP contribution in [-0.4, -0.2) is 43.5 Å². The highest BCUT2D eigenvalue weighted by molar-refractivity contribution is 5.92. The van der Waals surface area contributed by atoms with Crippen LogP contribution in [0.1, 0.15) is 16.9 Å². The third-order valence-electron chi connectivity index (χ3n) is 4.61. The van der Waals surface area contributed by atoms with Gasteiger partial charge in [0.1, 0.15) is 17.4 Å². The Balaban J connectivity index is 1.53. The van der Waals surface area contributed by atoms with E-state index in [-0.39, 0.29) is 11.8 Å². The van der Waals surface area contributed by atoms with E-state index in [0.717, 1.165) is 31.7 Å². The first kappa shape index (κ1) is 17.1. The molecule has 0 aliphatic carbocycles. The van der Waals surface area contributed by atoms with Crippen LogP contribution in [0.3, 0.4) is 0 Å². The van der Waals surface area contributed by atoms with Crippen molar-refractivity contribution in [2.24, 2.45) is 0 Å². The topological polar surface area (TPSA) is 72.5 Å². The highest BCUT2D eigenvalue weighted by Gasteiger charge is 2.21. The van der Waals surface area contributed by atoms with E-state index in [1.165, 1.54) is 5.69 Å². The van der Waals surface area contributed by atoms with Crippen LogP contribution in [0.4, 0.5) is 11.6 Å². The van der Waals surface area contributed by atoms with E-state index in [1.807, 2.05) is 25.1 Å². The molecule has 2 heterocycles. The summed E-state index contributed by atoms with van der Waals surface area (Å²) in [5, 5.41) is 11.9. The van der Waals surface area contributed by atoms with Crippen LogP contribution in [0.15, 0.2) is 34.7 Å². The normalized spacial score (nSPS) is 15.0. The lowest BCUT2D eigenvalue weighted by Gasteiger charge is -2.35. The molecule has 0 bridgehead atoms. The van der Waals surface area contributed by atoms with Gasteiger partial charge in [-0.25, -0.2) is 0 Å². The van der Waals surface area contributed by atoms with Crippen molar-refractivity contribution in [2.75, 3.05) is 42.9 Å². The minimum absolute atomic E-state index is 0.154. The molecular formula is C19H22N4O2. The van der Waals surface area contributed by atoms with E-state index in [9.17, 15) is 10.1 Å². The Morgan fingerprint density at radius 2 is 1.88 bits per heavy atom. The van der Waals surface area contributed by atoms with Crippen molar-refractivity contribution in [3.05, 3.63) is 47.2 Å². The third-order valence-corrected chi connectivity index (χ3v) is 4.61. The summed E-state index contributed by atoms with van der Waals surface area (Å²) in [5.41, 5.74) is 2.39. The molecule has 0 spiro atoms. The van der Waals surface area contributed by atoms with Crippen molar-refractivity contribution in [3.63, 3.8) is 0 Å². The molecule has 1 aliphatic rings. The number of piperazine rings is 1. The number of nitrogens with zero attached hydrogens (tertiary/aromatic N) is 3. The number of amides is 1. The lowest BCUT2D eigenvalue weighted by Crippen LogP contribution is -2.48. The first-order valence-electron chi connectivity index (χ1n) is 8.40. The molecule has 6 nitrogen and oxygen atoms in total. The largest absolute Gasteiger partial charge is 0.444 e. The van der Waals surface area contributed by atoms with Gasteiger partial charge in [0.05, 0.1) is 6.54 Å². The second kappa shape index (κ2) is 7.41. The SMILES string of the molecule is Cc1oc(NC(=O)CN2CCN(c3ccccc3)CC2)c(C#N)c1C. The molecule has 1 amide bonds. The number of carbonyl (C=O) groups excluding carboxylic acids is 1. The Hall–Kier alpha value is -2.78. The molecule has 1 aromatic heterocycles. The number of aryl methyl sites for hydroxylation is 1. The Labute approximate surface area is 147 Å². The van der Waals surface area contributed by atoms with Crippen molar-refractivity contribution < 1.29 is 9.21 Å². The molecule has 1 N–H and O–H groups in total. The molecule has 6 heteroatoms. The summed E-state index contributed by atoms with van der Waals surface area (Å²) in [6.45, 7) is 7.32. The fourth-order valence-corrected chi connectivity index (χ4v) is 3.02. The highest BCUT2D eigenvalue weighted by Crippen LogP contribution is 2.25. The van der Waals surface area contributed by atoms with Gasteiger partial charge in [-0.3, -0.25) is 15.0 Å². The fraction of sp³-hybridized carbons (Fsp3) is 0.368. The highest BCUT2D eigenvalue weighted by atomic mass is 16.4. The minimum atomic E-state index is -0.154. The number of rotatable bonds is 4. The third kappa shape index (κ3) is 3.83. The van der Waals surface area contributed by atoms with Crippen LogP contribution in [-0.2, 0) is 4.79 Å². The molecule has 25 heavy (non-hydrogen) atoms. The average Bonchev–Trinajstić information content (AvgIpc) is 2.89. The zero-order valence-corrected chi connectivity index (χ0v) is 14.6. The van der Waals surface area contributed by atoms with E-state index in [4.69, 9.17) is 4.42 Å². The number of hydrogen-bond acceptors (Lipinski definition) is 5. The summed E-state index contributed by atoms with van der Waals surface area (Å²) in [5.74, 6) is 0.757. The maximum absolute atomic E-state index is 12.3. The van der Waals surface area contributed by atoms with Gasteiger partial charge in [-0.1, -0.05) is 18.2 Å². The molecule has 1 saturated heterocycles. The summed E-state index contributed by atoms with van der Waals surface area (Å²) in [6, 6.07) is 12.4. The van der Waals surface area contributed by atoms with Crippen molar-refractivity contribution in [2.45, 2.75) is 13.8 Å². The van der Waals surface area contributed by atoms with Gasteiger partial charge < -0.3 is 9.32 Å². The van der Waals surface area contributed by atoms with E-state index >= 15 is 0 Å². The van der Waals surface area contributed by atoms with Gasteiger partial charge in [-0.05, 0) is 26.0 Å². The molecular weight excluding hydrogens is 316 g/mol. The molecule has 130 valence electrons. The fourth-order valence-electron chi connectivity index (χ4n) is 3.02. The first-order valence-corrected chi connectivity index (χ1v) is 8.40. The van der Waals surface area contributed by atoms with Gasteiger partial charge in [0.25, 0.3) is 0 Å². The second-order valence-corrected chi connectivity index (χ2v) is 6.25. The van der Waals surface area contributed by atoms with Crippen LogP contribution in [0, 0.1) is 25.2 Å². The van der Waals surface area contributed by atoms with Crippen molar-refractivity contribution in [1.29, 1.82) is 5.26 Å². The molecule has 3 rings (SSSR count). The number of nitrogens with one attached hydrogen (secondary N) is 1. The van der Waals surface area contributed by atoms with Crippen LogP contribution < -0.4 is 10.2 Å². The Kier molecular flexibility index (Phi) is 5.05. The maximum Gasteiger partial charge on any atom is 0.240 e. The van der Waals surface area contributed by atoms with Gasteiger partial charge in [-0.2, -0.15) is 5.26 Å². The molecule has 0 saturated carbocycles. The summed E-state index contributed by atoms with van der Waals surface area (Å²) in [4.78, 5) is 16.7. The lowest BCUT2D eigenvalue weighted by atomic mass is 10.2. The molecule has 2 aromatic rings. The Morgan fingerprint density at radius 1 is 1.20 bits per heavy atom. The second-order valence-electron chi connectivity index (χ2n) is 6.25. The minimum Gasteiger partial charge on any atom is -0.444 e. The number of hydrogen-bond donors (Lipinski definition) is 1. The van der Waals surface area contributed by atoms with Crippen LogP contribution in [0.25, 0.3) is 0 Å². The summed E-state index contributed by atoms with van der Waals surface area (Å²) in [7, 11) is 0. The standard InChI is InChI=1S/C19H22N4O2/c1-14-15(2)25-19(17(14)12-20)21-18(24)13-22-8-10-23(11-9-22)16-6-4-3-5-7-16/h3-7H,8-11,13H2,1-2H3,(H,21,24). The smallest absolute Gasteiger partial charge is 0.240 e. The van der Waals surface area contributed by atoms with E-state index in [1.54, 1.807) is 6.92 Å². The van der Waals surface area contributed by atoms with Crippen molar-refractivity contribution in [1.82, 2.24) is 4.90 Å². The molecule has 1 aliphatic heterocycles. The van der Waals surface area contributed by atoms with Crippen LogP contribution in [0.5, 0.6) is 0 Å². The summed E-state index contributed by atoms with van der Waals surface area (Å²) in [6.07, 6.45) is 0. The van der Waals surface area contributed by atoms with E-state index in [2.05, 4.69) is 33.3 Å². The Bertz CT molecular complexity index is 784. The number of nitriles is 1. The van der Waals surface area contributed by atoms with Crippen LogP contribution >= 0.6 is 0 Å². The van der Waals surface area contributed by atoms with Gasteiger partial charge >= 0.3 is 0 Å². The number of anilines is 2. The van der Waals surface area contributed by atoms with Crippen molar-refractivity contribution >= 4 is 17.5 Å². The van der Waals surface area contributed by atoms with Gasteiger partial charge in [-0.15, -0.1) is 0 Å². The number of carbonyl (C=O) groups is 1. The molecule has 0 unspecified atom stereocenters. The zero-order chi connectivity index (χ0) is 17.8. The van der Waals surface area contributed by atoms with E-state index in [0.29, 0.717) is 17.9 Å². The van der Waals surface area contributed by atoms with Crippen molar-refractivity contribution in [3.8, 4) is 6.07 Å². The van der Waals surface area contributed by atoms with Gasteiger partial charge in [0, 0.05) is 37.4 Å². The quantitative estimate of drug-likeness (QED) is 0.927. The zero-order valence-electron chi connectivity index (χ0n) is 14.6. The van der Waals surface area contributed by atoms with Gasteiger partial charge in [0.2, 0.25) is 11.8 Å². The summed E-state index contributed by atoms with van der Waals surface area (Å²) < 4.78 is 5.49.